The molecule has 6 nitrogen and oxygen atoms in total. The second-order valence-corrected chi connectivity index (χ2v) is 5.78. The van der Waals surface area contributed by atoms with Crippen molar-refractivity contribution in [3.05, 3.63) is 0 Å². The van der Waals surface area contributed by atoms with Crippen molar-refractivity contribution in [2.24, 2.45) is 5.92 Å². The fourth-order valence-electron chi connectivity index (χ4n) is 1.61. The monoisotopic (exact) mass is 237 g/mol. The number of hydrogen-bond donors (Lipinski definition) is 1. The molecule has 1 aliphatic rings. The molecule has 0 aromatic carbocycles. The fourth-order valence-corrected chi connectivity index (χ4v) is 3.48. The fraction of sp³-hybridized carbons (Fsp3) is 0.875. The van der Waals surface area contributed by atoms with E-state index in [-0.39, 0.29) is 18.2 Å². The number of methoxy groups -OCH3 is 1. The van der Waals surface area contributed by atoms with Crippen LogP contribution in [0.1, 0.15) is 6.92 Å². The van der Waals surface area contributed by atoms with Gasteiger partial charge in [0.25, 0.3) is 0 Å². The van der Waals surface area contributed by atoms with E-state index in [0.717, 1.165) is 0 Å². The first-order chi connectivity index (χ1) is 6.86. The summed E-state index contributed by atoms with van der Waals surface area (Å²) < 4.78 is 28.9. The molecule has 2 unspecified atom stereocenters. The summed E-state index contributed by atoms with van der Waals surface area (Å²) in [5.41, 5.74) is 0. The van der Waals surface area contributed by atoms with Gasteiger partial charge in [0.1, 0.15) is 0 Å². The molecular weight excluding hydrogens is 222 g/mol. The van der Waals surface area contributed by atoms with Crippen LogP contribution in [0.25, 0.3) is 0 Å². The van der Waals surface area contributed by atoms with Crippen molar-refractivity contribution in [2.75, 3.05) is 26.0 Å². The Morgan fingerprint density at radius 1 is 1.67 bits per heavy atom. The van der Waals surface area contributed by atoms with Crippen LogP contribution >= 0.6 is 0 Å². The summed E-state index contributed by atoms with van der Waals surface area (Å²) in [6.45, 7) is 2.08. The zero-order valence-corrected chi connectivity index (χ0v) is 9.53. The molecule has 15 heavy (non-hydrogen) atoms. The third-order valence-corrected chi connectivity index (χ3v) is 4.41. The van der Waals surface area contributed by atoms with E-state index in [1.807, 2.05) is 6.92 Å². The van der Waals surface area contributed by atoms with Gasteiger partial charge in [-0.25, -0.2) is 13.2 Å². The van der Waals surface area contributed by atoms with Crippen molar-refractivity contribution in [1.82, 2.24) is 4.31 Å². The Morgan fingerprint density at radius 3 is 2.60 bits per heavy atom. The normalized spacial score (nSPS) is 27.7. The molecule has 0 spiro atoms. The van der Waals surface area contributed by atoms with Gasteiger partial charge < -0.3 is 9.84 Å². The molecule has 0 aromatic heterocycles. The summed E-state index contributed by atoms with van der Waals surface area (Å²) in [6, 6.07) is 0. The highest BCUT2D eigenvalue weighted by molar-refractivity contribution is 7.89. The van der Waals surface area contributed by atoms with Crippen molar-refractivity contribution < 1.29 is 23.1 Å². The van der Waals surface area contributed by atoms with E-state index < -0.39 is 22.1 Å². The van der Waals surface area contributed by atoms with Gasteiger partial charge in [-0.1, -0.05) is 6.92 Å². The van der Waals surface area contributed by atoms with Crippen LogP contribution < -0.4 is 0 Å². The lowest BCUT2D eigenvalue weighted by Gasteiger charge is -2.18. The molecule has 0 aromatic rings. The molecule has 1 saturated heterocycles. The molecule has 1 N–H and O–H groups in total. The van der Waals surface area contributed by atoms with Crippen LogP contribution in [0.15, 0.2) is 0 Å². The van der Waals surface area contributed by atoms with Crippen LogP contribution in [0.4, 0.5) is 0 Å². The van der Waals surface area contributed by atoms with Crippen molar-refractivity contribution in [3.63, 3.8) is 0 Å². The summed E-state index contributed by atoms with van der Waals surface area (Å²) >= 11 is 0. The van der Waals surface area contributed by atoms with E-state index in [9.17, 15) is 13.2 Å². The van der Waals surface area contributed by atoms with Crippen LogP contribution in [0, 0.1) is 5.92 Å². The topological polar surface area (TPSA) is 83.9 Å². The first-order valence-corrected chi connectivity index (χ1v) is 6.21. The second kappa shape index (κ2) is 4.46. The van der Waals surface area contributed by atoms with Crippen molar-refractivity contribution in [3.8, 4) is 0 Å². The van der Waals surface area contributed by atoms with Crippen LogP contribution in [-0.2, 0) is 19.6 Å². The first-order valence-electron chi connectivity index (χ1n) is 4.60. The number of carboxylic acid groups (broad SMARTS) is 1. The molecule has 1 fully saturated rings. The van der Waals surface area contributed by atoms with Gasteiger partial charge >= 0.3 is 5.97 Å². The molecule has 7 heteroatoms. The lowest BCUT2D eigenvalue weighted by atomic mass is 10.2. The molecule has 1 rings (SSSR count). The predicted molar refractivity (Wildman–Crippen MR) is 53.0 cm³/mol. The van der Waals surface area contributed by atoms with Crippen molar-refractivity contribution >= 4 is 16.0 Å². The van der Waals surface area contributed by atoms with Gasteiger partial charge in [0, 0.05) is 13.7 Å². The molecule has 1 aliphatic heterocycles. The maximum atomic E-state index is 11.5. The van der Waals surface area contributed by atoms with E-state index in [2.05, 4.69) is 0 Å². The Bertz CT molecular complexity index is 339. The Labute approximate surface area is 88.9 Å². The van der Waals surface area contributed by atoms with Crippen LogP contribution in [-0.4, -0.2) is 55.9 Å². The molecule has 0 saturated carbocycles. The summed E-state index contributed by atoms with van der Waals surface area (Å²) in [5, 5.41) is 8.72. The molecule has 0 amide bonds. The van der Waals surface area contributed by atoms with Crippen LogP contribution in [0.3, 0.4) is 0 Å². The quantitative estimate of drug-likeness (QED) is 0.703. The van der Waals surface area contributed by atoms with Gasteiger partial charge in [0.05, 0.1) is 12.3 Å². The van der Waals surface area contributed by atoms with E-state index in [1.165, 1.54) is 11.4 Å². The highest BCUT2D eigenvalue weighted by Crippen LogP contribution is 2.19. The number of ether oxygens (including phenoxy) is 1. The number of rotatable bonds is 4. The standard InChI is InChI=1S/C8H15NO5S/c1-6-3-9(15(12,13)5-6)4-7(14-2)8(10)11/h6-7H,3-5H2,1-2H3,(H,10,11). The number of nitrogens with zero attached hydrogens (tertiary/aromatic N) is 1. The zero-order valence-electron chi connectivity index (χ0n) is 8.71. The Kier molecular flexibility index (Phi) is 3.69. The van der Waals surface area contributed by atoms with E-state index in [1.54, 1.807) is 0 Å². The molecule has 2 atom stereocenters. The van der Waals surface area contributed by atoms with Gasteiger partial charge in [-0.3, -0.25) is 0 Å². The summed E-state index contributed by atoms with van der Waals surface area (Å²) in [6.07, 6.45) is -1.09. The van der Waals surface area contributed by atoms with Gasteiger partial charge in [-0.15, -0.1) is 0 Å². The van der Waals surface area contributed by atoms with Crippen LogP contribution in [0.2, 0.25) is 0 Å². The second-order valence-electron chi connectivity index (χ2n) is 3.76. The average molecular weight is 237 g/mol. The third-order valence-electron chi connectivity index (χ3n) is 2.33. The minimum absolute atomic E-state index is 0.0429. The molecule has 1 heterocycles. The Balaban J connectivity index is 2.70. The maximum absolute atomic E-state index is 11.5. The maximum Gasteiger partial charge on any atom is 0.334 e. The highest BCUT2D eigenvalue weighted by atomic mass is 32.2. The smallest absolute Gasteiger partial charge is 0.334 e. The van der Waals surface area contributed by atoms with Gasteiger partial charge in [-0.05, 0) is 5.92 Å². The molecule has 0 radical (unpaired) electrons. The third kappa shape index (κ3) is 2.90. The SMILES string of the molecule is COC(CN1CC(C)CS1(=O)=O)C(=O)O. The largest absolute Gasteiger partial charge is 0.479 e. The summed E-state index contributed by atoms with van der Waals surface area (Å²) in [7, 11) is -2.03. The Hall–Kier alpha value is -0.660. The zero-order chi connectivity index (χ0) is 11.6. The minimum atomic E-state index is -3.28. The average Bonchev–Trinajstić information content (AvgIpc) is 2.34. The summed E-state index contributed by atoms with van der Waals surface area (Å²) in [4.78, 5) is 10.7. The predicted octanol–water partition coefficient (Wildman–Crippen LogP) is -0.632. The van der Waals surface area contributed by atoms with E-state index >= 15 is 0 Å². The number of aliphatic carboxylic acids is 1. The minimum Gasteiger partial charge on any atom is -0.479 e. The lowest BCUT2D eigenvalue weighted by Crippen LogP contribution is -2.39. The Morgan fingerprint density at radius 2 is 2.27 bits per heavy atom. The molecule has 0 bridgehead atoms. The van der Waals surface area contributed by atoms with E-state index in [4.69, 9.17) is 9.84 Å². The van der Waals surface area contributed by atoms with Crippen molar-refractivity contribution in [2.45, 2.75) is 13.0 Å². The number of sulfonamides is 1. The molecule has 88 valence electrons. The van der Waals surface area contributed by atoms with Gasteiger partial charge in [0.15, 0.2) is 6.10 Å². The highest BCUT2D eigenvalue weighted by Gasteiger charge is 2.36. The lowest BCUT2D eigenvalue weighted by molar-refractivity contribution is -0.148. The number of carbonyl (C=O) groups is 1. The number of hydrogen-bond acceptors (Lipinski definition) is 4. The van der Waals surface area contributed by atoms with Crippen LogP contribution in [0.5, 0.6) is 0 Å². The first kappa shape index (κ1) is 12.4. The van der Waals surface area contributed by atoms with Gasteiger partial charge in [0.2, 0.25) is 10.0 Å². The molecular formula is C8H15NO5S. The summed E-state index contributed by atoms with van der Waals surface area (Å²) in [5.74, 6) is -1.02. The molecule has 0 aliphatic carbocycles. The number of carboxylic acids is 1. The van der Waals surface area contributed by atoms with Crippen molar-refractivity contribution in [1.29, 1.82) is 0 Å². The van der Waals surface area contributed by atoms with E-state index in [0.29, 0.717) is 6.54 Å². The van der Waals surface area contributed by atoms with Gasteiger partial charge in [-0.2, -0.15) is 4.31 Å².